The molecule has 2 N–H and O–H groups in total. The van der Waals surface area contributed by atoms with Crippen molar-refractivity contribution < 1.29 is 4.79 Å². The molecule has 1 spiro atoms. The van der Waals surface area contributed by atoms with Crippen molar-refractivity contribution in [2.45, 2.75) is 32.2 Å². The van der Waals surface area contributed by atoms with Crippen molar-refractivity contribution in [1.29, 1.82) is 0 Å². The van der Waals surface area contributed by atoms with Gasteiger partial charge in [0.2, 0.25) is 5.91 Å². The maximum atomic E-state index is 12.3. The summed E-state index contributed by atoms with van der Waals surface area (Å²) in [6, 6.07) is 5.80. The molecule has 1 amide bonds. The van der Waals surface area contributed by atoms with Crippen molar-refractivity contribution in [1.82, 2.24) is 15.6 Å². The van der Waals surface area contributed by atoms with Crippen LogP contribution in [0, 0.1) is 11.3 Å². The number of nitrogens with zero attached hydrogens (tertiary/aromatic N) is 1. The number of nitrogens with one attached hydrogen (secondary N) is 2. The lowest BCUT2D eigenvalue weighted by atomic mass is 9.91. The maximum absolute atomic E-state index is 12.3. The van der Waals surface area contributed by atoms with Crippen molar-refractivity contribution in [2.24, 2.45) is 11.3 Å². The fraction of sp³-hybridized carbons (Fsp3) is 0.600. The van der Waals surface area contributed by atoms with E-state index in [9.17, 15) is 4.79 Å². The first-order valence-corrected chi connectivity index (χ1v) is 7.13. The Balaban J connectivity index is 1.58. The number of piperidine rings is 1. The molecule has 1 aliphatic heterocycles. The Morgan fingerprint density at radius 3 is 2.95 bits per heavy atom. The monoisotopic (exact) mass is 259 g/mol. The SMILES string of the molecule is C[C@H](NC(=O)C1CC12CCNCC2)c1ccccn1. The van der Waals surface area contributed by atoms with Gasteiger partial charge >= 0.3 is 0 Å². The van der Waals surface area contributed by atoms with Gasteiger partial charge in [0.15, 0.2) is 0 Å². The van der Waals surface area contributed by atoms with E-state index < -0.39 is 0 Å². The fourth-order valence-electron chi connectivity index (χ4n) is 3.22. The van der Waals surface area contributed by atoms with Crippen LogP contribution in [0.15, 0.2) is 24.4 Å². The average molecular weight is 259 g/mol. The molecule has 1 aromatic heterocycles. The summed E-state index contributed by atoms with van der Waals surface area (Å²) in [6.45, 7) is 4.11. The Morgan fingerprint density at radius 2 is 2.26 bits per heavy atom. The predicted octanol–water partition coefficient (Wildman–Crippen LogP) is 1.65. The molecule has 1 aliphatic carbocycles. The molecule has 0 radical (unpaired) electrons. The summed E-state index contributed by atoms with van der Waals surface area (Å²) in [7, 11) is 0. The lowest BCUT2D eigenvalue weighted by Crippen LogP contribution is -2.34. The molecule has 4 heteroatoms. The molecule has 19 heavy (non-hydrogen) atoms. The molecule has 4 nitrogen and oxygen atoms in total. The van der Waals surface area contributed by atoms with E-state index in [4.69, 9.17) is 0 Å². The summed E-state index contributed by atoms with van der Waals surface area (Å²) in [5, 5.41) is 6.47. The summed E-state index contributed by atoms with van der Waals surface area (Å²) in [6.07, 6.45) is 5.12. The molecule has 1 saturated heterocycles. The molecular formula is C15H21N3O. The van der Waals surface area contributed by atoms with Gasteiger partial charge in [-0.15, -0.1) is 0 Å². The smallest absolute Gasteiger partial charge is 0.224 e. The molecule has 1 aromatic rings. The van der Waals surface area contributed by atoms with Crippen molar-refractivity contribution >= 4 is 5.91 Å². The van der Waals surface area contributed by atoms with Gasteiger partial charge in [-0.3, -0.25) is 9.78 Å². The highest BCUT2D eigenvalue weighted by Gasteiger charge is 2.57. The fourth-order valence-corrected chi connectivity index (χ4v) is 3.22. The van der Waals surface area contributed by atoms with Gasteiger partial charge in [0.25, 0.3) is 0 Å². The molecule has 3 rings (SSSR count). The zero-order chi connectivity index (χ0) is 13.3. The zero-order valence-electron chi connectivity index (χ0n) is 11.4. The minimum absolute atomic E-state index is 0.00642. The molecule has 1 saturated carbocycles. The van der Waals surface area contributed by atoms with Gasteiger partial charge < -0.3 is 10.6 Å². The Hall–Kier alpha value is -1.42. The van der Waals surface area contributed by atoms with E-state index >= 15 is 0 Å². The minimum atomic E-state index is -0.00642. The normalized spacial score (nSPS) is 25.8. The lowest BCUT2D eigenvalue weighted by Gasteiger charge is -2.23. The summed E-state index contributed by atoms with van der Waals surface area (Å²) in [5.41, 5.74) is 1.23. The lowest BCUT2D eigenvalue weighted by molar-refractivity contribution is -0.124. The first kappa shape index (κ1) is 12.6. The topological polar surface area (TPSA) is 54.0 Å². The highest BCUT2D eigenvalue weighted by molar-refractivity contribution is 5.83. The van der Waals surface area contributed by atoms with Crippen molar-refractivity contribution in [2.75, 3.05) is 13.1 Å². The zero-order valence-corrected chi connectivity index (χ0v) is 11.4. The molecule has 1 unspecified atom stereocenters. The van der Waals surface area contributed by atoms with Crippen LogP contribution in [0.2, 0.25) is 0 Å². The van der Waals surface area contributed by atoms with E-state index in [0.29, 0.717) is 5.41 Å². The molecular weight excluding hydrogens is 238 g/mol. The summed E-state index contributed by atoms with van der Waals surface area (Å²) in [5.74, 6) is 0.431. The van der Waals surface area contributed by atoms with Crippen LogP contribution in [0.5, 0.6) is 0 Å². The van der Waals surface area contributed by atoms with E-state index in [1.165, 1.54) is 0 Å². The van der Waals surface area contributed by atoms with Crippen LogP contribution in [-0.2, 0) is 4.79 Å². The van der Waals surface area contributed by atoms with Crippen LogP contribution in [0.4, 0.5) is 0 Å². The van der Waals surface area contributed by atoms with E-state index in [-0.39, 0.29) is 17.9 Å². The second kappa shape index (κ2) is 4.93. The third-order valence-electron chi connectivity index (χ3n) is 4.60. The predicted molar refractivity (Wildman–Crippen MR) is 73.4 cm³/mol. The third kappa shape index (κ3) is 2.50. The first-order valence-electron chi connectivity index (χ1n) is 7.13. The van der Waals surface area contributed by atoms with Crippen molar-refractivity contribution in [3.8, 4) is 0 Å². The van der Waals surface area contributed by atoms with E-state index in [1.54, 1.807) is 6.20 Å². The standard InChI is InChI=1S/C15H21N3O/c1-11(13-4-2-3-7-17-13)18-14(19)12-10-15(12)5-8-16-9-6-15/h2-4,7,11-12,16H,5-6,8-10H2,1H3,(H,18,19)/t11-,12?/m0/s1. The number of aromatic nitrogens is 1. The second-order valence-corrected chi connectivity index (χ2v) is 5.85. The van der Waals surface area contributed by atoms with Gasteiger partial charge in [-0.05, 0) is 56.8 Å². The highest BCUT2D eigenvalue weighted by atomic mass is 16.2. The largest absolute Gasteiger partial charge is 0.348 e. The number of carbonyl (C=O) groups is 1. The van der Waals surface area contributed by atoms with Crippen molar-refractivity contribution in [3.05, 3.63) is 30.1 Å². The third-order valence-corrected chi connectivity index (χ3v) is 4.60. The molecule has 2 aliphatic rings. The molecule has 2 fully saturated rings. The first-order chi connectivity index (χ1) is 9.21. The Labute approximate surface area is 114 Å². The van der Waals surface area contributed by atoms with Gasteiger partial charge in [-0.2, -0.15) is 0 Å². The average Bonchev–Trinajstić information content (AvgIpc) is 3.14. The number of carbonyl (C=O) groups excluding carboxylic acids is 1. The number of hydrogen-bond acceptors (Lipinski definition) is 3. The van der Waals surface area contributed by atoms with Crippen LogP contribution in [0.3, 0.4) is 0 Å². The van der Waals surface area contributed by atoms with Crippen LogP contribution in [0.25, 0.3) is 0 Å². The quantitative estimate of drug-likeness (QED) is 0.868. The molecule has 2 heterocycles. The summed E-state index contributed by atoms with van der Waals surface area (Å²) in [4.78, 5) is 16.6. The highest BCUT2D eigenvalue weighted by Crippen LogP contribution is 2.58. The molecule has 2 atom stereocenters. The van der Waals surface area contributed by atoms with Gasteiger partial charge in [0.1, 0.15) is 0 Å². The number of pyridine rings is 1. The number of rotatable bonds is 3. The number of hydrogen-bond donors (Lipinski definition) is 2. The van der Waals surface area contributed by atoms with Crippen LogP contribution in [-0.4, -0.2) is 24.0 Å². The van der Waals surface area contributed by atoms with E-state index in [2.05, 4.69) is 15.6 Å². The van der Waals surface area contributed by atoms with Gasteiger partial charge in [-0.25, -0.2) is 0 Å². The Bertz CT molecular complexity index is 454. The van der Waals surface area contributed by atoms with Gasteiger partial charge in [0, 0.05) is 12.1 Å². The summed E-state index contributed by atoms with van der Waals surface area (Å²) >= 11 is 0. The number of amides is 1. The van der Waals surface area contributed by atoms with Gasteiger partial charge in [0.05, 0.1) is 11.7 Å². The second-order valence-electron chi connectivity index (χ2n) is 5.85. The Morgan fingerprint density at radius 1 is 1.47 bits per heavy atom. The van der Waals surface area contributed by atoms with Crippen molar-refractivity contribution in [3.63, 3.8) is 0 Å². The van der Waals surface area contributed by atoms with E-state index in [0.717, 1.165) is 38.0 Å². The van der Waals surface area contributed by atoms with Crippen LogP contribution >= 0.6 is 0 Å². The molecule has 102 valence electrons. The summed E-state index contributed by atoms with van der Waals surface area (Å²) < 4.78 is 0. The van der Waals surface area contributed by atoms with Crippen LogP contribution < -0.4 is 10.6 Å². The van der Waals surface area contributed by atoms with Crippen LogP contribution in [0.1, 0.15) is 37.9 Å². The van der Waals surface area contributed by atoms with E-state index in [1.807, 2.05) is 25.1 Å². The molecule has 0 aromatic carbocycles. The molecule has 0 bridgehead atoms. The Kier molecular flexibility index (Phi) is 3.27. The van der Waals surface area contributed by atoms with Gasteiger partial charge in [-0.1, -0.05) is 6.07 Å². The minimum Gasteiger partial charge on any atom is -0.348 e. The maximum Gasteiger partial charge on any atom is 0.224 e.